The Morgan fingerprint density at radius 1 is 0.389 bits per heavy atom. The van der Waals surface area contributed by atoms with E-state index >= 15 is 0 Å². The van der Waals surface area contributed by atoms with Crippen molar-refractivity contribution in [2.45, 2.75) is 56.7 Å². The maximum absolute atomic E-state index is 5.59. The van der Waals surface area contributed by atoms with Crippen molar-refractivity contribution in [3.05, 3.63) is 34.9 Å². The highest BCUT2D eigenvalue weighted by atomic mass is 28.4. The molecule has 0 atom stereocenters. The first kappa shape index (κ1) is 33.5. The van der Waals surface area contributed by atoms with Gasteiger partial charge in [0.1, 0.15) is 0 Å². The van der Waals surface area contributed by atoms with E-state index in [4.69, 9.17) is 39.8 Å². The molecule has 36 heavy (non-hydrogen) atoms. The van der Waals surface area contributed by atoms with Crippen LogP contribution in [0.2, 0.25) is 18.1 Å². The fourth-order valence-electron chi connectivity index (χ4n) is 4.47. The van der Waals surface area contributed by atoms with Crippen LogP contribution < -0.4 is 0 Å². The van der Waals surface area contributed by atoms with Gasteiger partial charge in [-0.1, -0.05) is 18.2 Å². The highest BCUT2D eigenvalue weighted by molar-refractivity contribution is 6.61. The van der Waals surface area contributed by atoms with Crippen LogP contribution in [-0.2, 0) is 59.1 Å². The van der Waals surface area contributed by atoms with Crippen molar-refractivity contribution in [1.29, 1.82) is 0 Å². The Kier molecular flexibility index (Phi) is 16.0. The SMILES string of the molecule is CO[Si](CCCc1cc(CCC[Si](OC)(OC)OC)cc(CCC[Si](OC)(OC)OC)c1)(OC)OC. The lowest BCUT2D eigenvalue weighted by Crippen LogP contribution is -2.42. The Bertz CT molecular complexity index is 594. The van der Waals surface area contributed by atoms with Gasteiger partial charge in [-0.05, 0) is 55.2 Å². The number of aryl methyl sites for hydroxylation is 3. The predicted octanol–water partition coefficient (Wildman–Crippen LogP) is 4.12. The van der Waals surface area contributed by atoms with Crippen LogP contribution in [0.1, 0.15) is 36.0 Å². The van der Waals surface area contributed by atoms with E-state index in [1.807, 2.05) is 0 Å². The molecule has 0 fully saturated rings. The van der Waals surface area contributed by atoms with E-state index in [1.54, 1.807) is 64.0 Å². The maximum Gasteiger partial charge on any atom is 0.500 e. The van der Waals surface area contributed by atoms with Crippen LogP contribution in [0.15, 0.2) is 18.2 Å². The monoisotopic (exact) mass is 564 g/mol. The van der Waals surface area contributed by atoms with Gasteiger partial charge in [0.2, 0.25) is 0 Å². The summed E-state index contributed by atoms with van der Waals surface area (Å²) in [7, 11) is 7.17. The molecule has 12 heteroatoms. The molecule has 0 radical (unpaired) electrons. The summed E-state index contributed by atoms with van der Waals surface area (Å²) in [5, 5.41) is 0. The van der Waals surface area contributed by atoms with Crippen LogP contribution in [0, 0.1) is 0 Å². The van der Waals surface area contributed by atoms with E-state index in [9.17, 15) is 0 Å². The van der Waals surface area contributed by atoms with E-state index in [1.165, 1.54) is 16.7 Å². The molecule has 0 unspecified atom stereocenters. The molecule has 0 aliphatic rings. The normalized spacial score (nSPS) is 12.9. The molecule has 0 spiro atoms. The van der Waals surface area contributed by atoms with Crippen LogP contribution in [-0.4, -0.2) is 90.4 Å². The lowest BCUT2D eigenvalue weighted by atomic mass is 9.98. The molecular formula is C24H48O9Si3. The van der Waals surface area contributed by atoms with Crippen LogP contribution >= 0.6 is 0 Å². The summed E-state index contributed by atoms with van der Waals surface area (Å²) in [6.07, 6.45) is 5.53. The predicted molar refractivity (Wildman–Crippen MR) is 146 cm³/mol. The fraction of sp³-hybridized carbons (Fsp3) is 0.750. The van der Waals surface area contributed by atoms with Crippen molar-refractivity contribution in [3.8, 4) is 0 Å². The van der Waals surface area contributed by atoms with Gasteiger partial charge in [0.05, 0.1) is 0 Å². The Morgan fingerprint density at radius 3 is 0.750 bits per heavy atom. The summed E-state index contributed by atoms with van der Waals surface area (Å²) in [4.78, 5) is 0. The Hall–Kier alpha value is -0.489. The molecular weight excluding hydrogens is 517 g/mol. The zero-order valence-corrected chi connectivity index (χ0v) is 26.8. The number of hydrogen-bond acceptors (Lipinski definition) is 9. The molecule has 0 N–H and O–H groups in total. The molecule has 0 bridgehead atoms. The van der Waals surface area contributed by atoms with E-state index in [0.29, 0.717) is 0 Å². The molecule has 0 saturated heterocycles. The molecule has 0 aliphatic carbocycles. The first-order valence-corrected chi connectivity index (χ1v) is 18.2. The van der Waals surface area contributed by atoms with Gasteiger partial charge in [-0.2, -0.15) is 0 Å². The van der Waals surface area contributed by atoms with E-state index < -0.39 is 26.4 Å². The minimum absolute atomic E-state index is 0.767. The summed E-state index contributed by atoms with van der Waals surface area (Å²) < 4.78 is 50.3. The third-order valence-electron chi connectivity index (χ3n) is 6.76. The summed E-state index contributed by atoms with van der Waals surface area (Å²) >= 11 is 0. The quantitative estimate of drug-likeness (QED) is 0.205. The maximum atomic E-state index is 5.59. The summed E-state index contributed by atoms with van der Waals surface area (Å²) in [6, 6.07) is 9.20. The molecule has 0 saturated carbocycles. The molecule has 9 nitrogen and oxygen atoms in total. The van der Waals surface area contributed by atoms with Crippen LogP contribution in [0.5, 0.6) is 0 Å². The zero-order chi connectivity index (χ0) is 27.1. The zero-order valence-electron chi connectivity index (χ0n) is 23.8. The molecule has 1 aromatic rings. The summed E-state index contributed by atoms with van der Waals surface area (Å²) in [5.41, 5.74) is 3.91. The minimum atomic E-state index is -2.58. The number of hydrogen-bond donors (Lipinski definition) is 0. The fourth-order valence-corrected chi connectivity index (χ4v) is 9.63. The second-order valence-corrected chi connectivity index (χ2v) is 17.9. The third kappa shape index (κ3) is 10.0. The molecule has 0 aromatic heterocycles. The van der Waals surface area contributed by atoms with Crippen LogP contribution in [0.4, 0.5) is 0 Å². The van der Waals surface area contributed by atoms with Crippen molar-refractivity contribution in [2.24, 2.45) is 0 Å². The van der Waals surface area contributed by atoms with Crippen molar-refractivity contribution in [3.63, 3.8) is 0 Å². The molecule has 1 rings (SSSR count). The standard InChI is InChI=1S/C24H48O9Si3/c1-25-34(26-2,27-3)16-10-13-22-19-23(14-11-17-35(28-4,29-5)30-6)21-24(20-22)15-12-18-36(31-7,32-8)33-9/h19-21H,10-18H2,1-9H3. The smallest absolute Gasteiger partial charge is 0.377 e. The second kappa shape index (κ2) is 17.2. The molecule has 1 aromatic carbocycles. The van der Waals surface area contributed by atoms with Gasteiger partial charge in [-0.3, -0.25) is 0 Å². The van der Waals surface area contributed by atoms with Crippen molar-refractivity contribution in [2.75, 3.05) is 64.0 Å². The Balaban J connectivity index is 2.97. The lowest BCUT2D eigenvalue weighted by molar-refractivity contribution is 0.122. The van der Waals surface area contributed by atoms with Crippen LogP contribution in [0.25, 0.3) is 0 Å². The number of benzene rings is 1. The van der Waals surface area contributed by atoms with Gasteiger partial charge >= 0.3 is 26.4 Å². The average Bonchev–Trinajstić information content (AvgIpc) is 2.92. The Morgan fingerprint density at radius 2 is 0.583 bits per heavy atom. The first-order valence-electron chi connectivity index (χ1n) is 12.4. The van der Waals surface area contributed by atoms with Crippen molar-refractivity contribution >= 4 is 26.4 Å². The summed E-state index contributed by atoms with van der Waals surface area (Å²) in [6.45, 7) is 0. The molecule has 210 valence electrons. The largest absolute Gasteiger partial charge is 0.500 e. The lowest BCUT2D eigenvalue weighted by Gasteiger charge is -2.25. The third-order valence-corrected chi connectivity index (χ3v) is 15.3. The van der Waals surface area contributed by atoms with E-state index in [0.717, 1.165) is 56.7 Å². The molecule has 0 heterocycles. The van der Waals surface area contributed by atoms with E-state index in [2.05, 4.69) is 18.2 Å². The van der Waals surface area contributed by atoms with E-state index in [-0.39, 0.29) is 0 Å². The number of rotatable bonds is 21. The highest BCUT2D eigenvalue weighted by Gasteiger charge is 2.38. The van der Waals surface area contributed by atoms with Gasteiger partial charge in [-0.25, -0.2) is 0 Å². The molecule has 0 amide bonds. The van der Waals surface area contributed by atoms with Crippen molar-refractivity contribution in [1.82, 2.24) is 0 Å². The first-order chi connectivity index (χ1) is 17.3. The van der Waals surface area contributed by atoms with Gasteiger partial charge in [0.15, 0.2) is 0 Å². The van der Waals surface area contributed by atoms with Crippen molar-refractivity contribution < 1.29 is 39.8 Å². The Labute approximate surface area is 221 Å². The highest BCUT2D eigenvalue weighted by Crippen LogP contribution is 2.23. The molecule has 0 aliphatic heterocycles. The van der Waals surface area contributed by atoms with Crippen LogP contribution in [0.3, 0.4) is 0 Å². The average molecular weight is 565 g/mol. The minimum Gasteiger partial charge on any atom is -0.377 e. The summed E-state index contributed by atoms with van der Waals surface area (Å²) in [5.74, 6) is 0. The van der Waals surface area contributed by atoms with Gasteiger partial charge in [-0.15, -0.1) is 0 Å². The van der Waals surface area contributed by atoms with Gasteiger partial charge in [0, 0.05) is 82.1 Å². The second-order valence-electron chi connectivity index (χ2n) is 8.60. The van der Waals surface area contributed by atoms with Gasteiger partial charge < -0.3 is 39.8 Å². The van der Waals surface area contributed by atoms with Gasteiger partial charge in [0.25, 0.3) is 0 Å². The topological polar surface area (TPSA) is 83.1 Å².